The molecule has 0 bridgehead atoms. The van der Waals surface area contributed by atoms with Gasteiger partial charge in [-0.1, -0.05) is 63.8 Å². The number of benzene rings is 2. The molecule has 0 amide bonds. The minimum atomic E-state index is 0.232. The van der Waals surface area contributed by atoms with E-state index in [2.05, 4.69) is 15.2 Å². The summed E-state index contributed by atoms with van der Waals surface area (Å²) in [6.07, 6.45) is 1.61. The van der Waals surface area contributed by atoms with Gasteiger partial charge < -0.3 is 4.74 Å². The maximum absolute atomic E-state index is 6.09. The molecule has 0 saturated carbocycles. The lowest BCUT2D eigenvalue weighted by atomic mass is 10.2. The number of nitrogens with zero attached hydrogens (tertiary/aromatic N) is 3. The molecule has 0 aliphatic rings. The normalized spacial score (nSPS) is 11.2. The number of aliphatic imine (C=N–C) groups is 1. The molecule has 0 radical (unpaired) electrons. The van der Waals surface area contributed by atoms with Gasteiger partial charge in [0.25, 0.3) is 0 Å². The van der Waals surface area contributed by atoms with Gasteiger partial charge in [-0.2, -0.15) is 0 Å². The van der Waals surface area contributed by atoms with Crippen LogP contribution >= 0.6 is 57.7 Å². The topological polar surface area (TPSA) is 47.4 Å². The predicted octanol–water partition coefficient (Wildman–Crippen LogP) is 6.48. The van der Waals surface area contributed by atoms with Crippen LogP contribution in [-0.2, 0) is 6.61 Å². The molecule has 0 aliphatic heterocycles. The minimum absolute atomic E-state index is 0.232. The zero-order valence-electron chi connectivity index (χ0n) is 12.4. The second-order valence-electron chi connectivity index (χ2n) is 4.77. The monoisotopic (exact) mass is 431 g/mol. The smallest absolute Gasteiger partial charge is 0.231 e. The Hall–Kier alpha value is -1.37. The van der Waals surface area contributed by atoms with Crippen LogP contribution in [0.2, 0.25) is 20.1 Å². The molecule has 25 heavy (non-hydrogen) atoms. The van der Waals surface area contributed by atoms with Gasteiger partial charge in [0.1, 0.15) is 12.4 Å². The van der Waals surface area contributed by atoms with E-state index in [1.165, 1.54) is 11.3 Å². The Morgan fingerprint density at radius 2 is 1.68 bits per heavy atom. The maximum atomic E-state index is 6.09. The third-order valence-corrected chi connectivity index (χ3v) is 4.88. The average Bonchev–Trinajstić information content (AvgIpc) is 3.01. The van der Waals surface area contributed by atoms with E-state index in [1.807, 2.05) is 0 Å². The maximum Gasteiger partial charge on any atom is 0.231 e. The van der Waals surface area contributed by atoms with E-state index in [0.717, 1.165) is 5.56 Å². The molecule has 2 aromatic carbocycles. The van der Waals surface area contributed by atoms with Gasteiger partial charge in [-0.05, 0) is 30.3 Å². The van der Waals surface area contributed by atoms with Gasteiger partial charge in [0.15, 0.2) is 5.01 Å². The molecule has 3 rings (SSSR count). The van der Waals surface area contributed by atoms with Crippen LogP contribution < -0.4 is 4.74 Å². The predicted molar refractivity (Wildman–Crippen MR) is 104 cm³/mol. The molecule has 4 nitrogen and oxygen atoms in total. The summed E-state index contributed by atoms with van der Waals surface area (Å²) in [6.45, 7) is 0.232. The van der Waals surface area contributed by atoms with Crippen molar-refractivity contribution in [2.45, 2.75) is 6.61 Å². The van der Waals surface area contributed by atoms with Crippen molar-refractivity contribution in [3.05, 3.63) is 67.1 Å². The third-order valence-electron chi connectivity index (χ3n) is 2.98. The van der Waals surface area contributed by atoms with E-state index in [1.54, 1.807) is 42.6 Å². The number of hydrogen-bond acceptors (Lipinski definition) is 5. The van der Waals surface area contributed by atoms with Crippen molar-refractivity contribution in [3.8, 4) is 5.75 Å². The molecule has 0 fully saturated rings. The fourth-order valence-electron chi connectivity index (χ4n) is 1.82. The second-order valence-corrected chi connectivity index (χ2v) is 7.49. The lowest BCUT2D eigenvalue weighted by molar-refractivity contribution is 0.305. The van der Waals surface area contributed by atoms with E-state index in [-0.39, 0.29) is 6.61 Å². The van der Waals surface area contributed by atoms with Crippen LogP contribution in [0.3, 0.4) is 0 Å². The Morgan fingerprint density at radius 1 is 0.960 bits per heavy atom. The second kappa shape index (κ2) is 8.34. The van der Waals surface area contributed by atoms with Crippen LogP contribution in [0.4, 0.5) is 5.13 Å². The molecule has 128 valence electrons. The number of hydrogen-bond donors (Lipinski definition) is 0. The van der Waals surface area contributed by atoms with Gasteiger partial charge >= 0.3 is 0 Å². The van der Waals surface area contributed by atoms with Crippen LogP contribution in [-0.4, -0.2) is 16.4 Å². The van der Waals surface area contributed by atoms with Gasteiger partial charge in [0.2, 0.25) is 5.13 Å². The molecule has 3 aromatic rings. The Bertz CT molecular complexity index is 929. The highest BCUT2D eigenvalue weighted by Gasteiger charge is 2.07. The molecule has 1 aromatic heterocycles. The van der Waals surface area contributed by atoms with Crippen LogP contribution in [0.1, 0.15) is 10.6 Å². The van der Waals surface area contributed by atoms with Gasteiger partial charge in [-0.25, -0.2) is 4.99 Å². The highest BCUT2D eigenvalue weighted by atomic mass is 35.5. The Balaban J connectivity index is 1.65. The summed E-state index contributed by atoms with van der Waals surface area (Å²) in [6, 6.07) is 10.2. The molecule has 9 heteroatoms. The summed E-state index contributed by atoms with van der Waals surface area (Å²) in [5.74, 6) is 0.527. The van der Waals surface area contributed by atoms with E-state index >= 15 is 0 Å². The van der Waals surface area contributed by atoms with E-state index in [4.69, 9.17) is 51.1 Å². The molecule has 1 heterocycles. The summed E-state index contributed by atoms with van der Waals surface area (Å²) in [5.41, 5.74) is 0.743. The van der Waals surface area contributed by atoms with Crippen molar-refractivity contribution in [1.82, 2.24) is 10.2 Å². The first kappa shape index (κ1) is 18.4. The first-order valence-electron chi connectivity index (χ1n) is 6.90. The van der Waals surface area contributed by atoms with Crippen molar-refractivity contribution < 1.29 is 4.74 Å². The number of ether oxygens (including phenoxy) is 1. The Morgan fingerprint density at radius 3 is 2.40 bits per heavy atom. The molecule has 0 atom stereocenters. The summed E-state index contributed by atoms with van der Waals surface area (Å²) >= 11 is 25.2. The van der Waals surface area contributed by atoms with Crippen molar-refractivity contribution in [2.75, 3.05) is 0 Å². The van der Waals surface area contributed by atoms with Gasteiger partial charge in [0.05, 0.1) is 10.0 Å². The van der Waals surface area contributed by atoms with Gasteiger partial charge in [-0.3, -0.25) is 0 Å². The summed E-state index contributed by atoms with van der Waals surface area (Å²) in [7, 11) is 0. The van der Waals surface area contributed by atoms with Crippen LogP contribution in [0.15, 0.2) is 41.4 Å². The van der Waals surface area contributed by atoms with Crippen molar-refractivity contribution in [3.63, 3.8) is 0 Å². The number of rotatable bonds is 5. The zero-order chi connectivity index (χ0) is 17.8. The van der Waals surface area contributed by atoms with Crippen molar-refractivity contribution >= 4 is 69.1 Å². The molecule has 0 N–H and O–H groups in total. The van der Waals surface area contributed by atoms with E-state index < -0.39 is 0 Å². The van der Waals surface area contributed by atoms with Crippen LogP contribution in [0.25, 0.3) is 0 Å². The molecule has 0 saturated heterocycles. The summed E-state index contributed by atoms with van der Waals surface area (Å²) in [4.78, 5) is 4.27. The largest absolute Gasteiger partial charge is 0.485 e. The fourth-order valence-corrected chi connectivity index (χ4v) is 3.34. The third kappa shape index (κ3) is 5.06. The highest BCUT2D eigenvalue weighted by Crippen LogP contribution is 2.29. The van der Waals surface area contributed by atoms with Crippen molar-refractivity contribution in [1.29, 1.82) is 0 Å². The average molecular weight is 433 g/mol. The lowest BCUT2D eigenvalue weighted by Gasteiger charge is -2.05. The first-order valence-corrected chi connectivity index (χ1v) is 9.23. The Labute approximate surface area is 168 Å². The van der Waals surface area contributed by atoms with Gasteiger partial charge in [0, 0.05) is 21.8 Å². The first-order chi connectivity index (χ1) is 12.0. The van der Waals surface area contributed by atoms with E-state index in [0.29, 0.717) is 36.0 Å². The molecule has 0 unspecified atom stereocenters. The van der Waals surface area contributed by atoms with Crippen LogP contribution in [0.5, 0.6) is 5.75 Å². The van der Waals surface area contributed by atoms with Crippen LogP contribution in [0, 0.1) is 0 Å². The molecule has 0 spiro atoms. The molecule has 0 aliphatic carbocycles. The lowest BCUT2D eigenvalue weighted by Crippen LogP contribution is -1.95. The zero-order valence-corrected chi connectivity index (χ0v) is 16.3. The quantitative estimate of drug-likeness (QED) is 0.433. The molecular weight excluding hydrogens is 424 g/mol. The standard InChI is InChI=1S/C16H9Cl4N3OS/c17-10-2-1-9(12(19)5-10)7-21-16-23-22-15(25-16)8-24-14-4-3-11(18)6-13(14)20/h1-7H,8H2. The highest BCUT2D eigenvalue weighted by molar-refractivity contribution is 7.14. The summed E-state index contributed by atoms with van der Waals surface area (Å²) < 4.78 is 5.62. The summed E-state index contributed by atoms with van der Waals surface area (Å²) in [5, 5.41) is 11.3. The molecular formula is C16H9Cl4N3OS. The number of halogens is 4. The van der Waals surface area contributed by atoms with E-state index in [9.17, 15) is 0 Å². The SMILES string of the molecule is Clc1ccc(C=Nc2nnc(COc3ccc(Cl)cc3Cl)s2)c(Cl)c1. The van der Waals surface area contributed by atoms with Crippen molar-refractivity contribution in [2.24, 2.45) is 4.99 Å². The Kier molecular flexibility index (Phi) is 6.15. The minimum Gasteiger partial charge on any atom is -0.485 e. The fraction of sp³-hybridized carbons (Fsp3) is 0.0625. The van der Waals surface area contributed by atoms with Gasteiger partial charge in [-0.15, -0.1) is 10.2 Å². The number of aromatic nitrogens is 2.